The number of methoxy groups -OCH3 is 1. The summed E-state index contributed by atoms with van der Waals surface area (Å²) >= 11 is 0. The standard InChI is InChI=1S/C19H25N3O2/c1-15-20-19(21-24-15)14-17-9-12-22(13-10-17)11-3-4-16-5-7-18(23-2)8-6-16/h3-8,17H,9-14H2,1-2H3/b4-3+. The molecule has 0 N–H and O–H groups in total. The molecule has 0 bridgehead atoms. The highest BCUT2D eigenvalue weighted by atomic mass is 16.5. The van der Waals surface area contributed by atoms with Gasteiger partial charge in [-0.3, -0.25) is 4.90 Å². The smallest absolute Gasteiger partial charge is 0.223 e. The monoisotopic (exact) mass is 327 g/mol. The fraction of sp³-hybridized carbons (Fsp3) is 0.474. The number of ether oxygens (including phenoxy) is 1. The van der Waals surface area contributed by atoms with Crippen LogP contribution in [0.3, 0.4) is 0 Å². The first-order valence-corrected chi connectivity index (χ1v) is 8.55. The van der Waals surface area contributed by atoms with Crippen LogP contribution in [0.2, 0.25) is 0 Å². The van der Waals surface area contributed by atoms with E-state index in [0.717, 1.165) is 37.6 Å². The quantitative estimate of drug-likeness (QED) is 0.814. The summed E-state index contributed by atoms with van der Waals surface area (Å²) in [5.74, 6) is 3.08. The minimum absolute atomic E-state index is 0.658. The molecule has 0 atom stereocenters. The molecule has 1 aliphatic heterocycles. The van der Waals surface area contributed by atoms with E-state index in [1.165, 1.54) is 18.4 Å². The second kappa shape index (κ2) is 8.11. The number of benzene rings is 1. The van der Waals surface area contributed by atoms with E-state index in [9.17, 15) is 0 Å². The third-order valence-electron chi connectivity index (χ3n) is 4.54. The van der Waals surface area contributed by atoms with Crippen LogP contribution in [0.25, 0.3) is 6.08 Å². The SMILES string of the molecule is COc1ccc(/C=C/CN2CCC(Cc3noc(C)n3)CC2)cc1. The molecule has 0 aliphatic carbocycles. The van der Waals surface area contributed by atoms with Gasteiger partial charge in [-0.15, -0.1) is 0 Å². The Kier molecular flexibility index (Phi) is 5.64. The largest absolute Gasteiger partial charge is 0.497 e. The number of likely N-dealkylation sites (tertiary alicyclic amines) is 1. The van der Waals surface area contributed by atoms with Gasteiger partial charge in [0.25, 0.3) is 0 Å². The van der Waals surface area contributed by atoms with Gasteiger partial charge in [0, 0.05) is 19.9 Å². The molecule has 5 nitrogen and oxygen atoms in total. The van der Waals surface area contributed by atoms with Crippen molar-refractivity contribution in [3.63, 3.8) is 0 Å². The number of aromatic nitrogens is 2. The molecule has 3 rings (SSSR count). The van der Waals surface area contributed by atoms with Crippen molar-refractivity contribution in [2.75, 3.05) is 26.7 Å². The van der Waals surface area contributed by atoms with E-state index in [-0.39, 0.29) is 0 Å². The number of rotatable bonds is 6. The first-order valence-electron chi connectivity index (χ1n) is 8.55. The van der Waals surface area contributed by atoms with Crippen LogP contribution in [-0.2, 0) is 6.42 Å². The van der Waals surface area contributed by atoms with Crippen molar-refractivity contribution >= 4 is 6.08 Å². The molecular weight excluding hydrogens is 302 g/mol. The number of hydrogen-bond acceptors (Lipinski definition) is 5. The molecule has 1 aromatic heterocycles. The fourth-order valence-electron chi connectivity index (χ4n) is 3.11. The maximum atomic E-state index is 5.18. The number of aryl methyl sites for hydroxylation is 1. The van der Waals surface area contributed by atoms with Gasteiger partial charge in [-0.05, 0) is 49.5 Å². The zero-order chi connectivity index (χ0) is 16.8. The number of nitrogens with zero attached hydrogens (tertiary/aromatic N) is 3. The fourth-order valence-corrected chi connectivity index (χ4v) is 3.11. The lowest BCUT2D eigenvalue weighted by Gasteiger charge is -2.30. The summed E-state index contributed by atoms with van der Waals surface area (Å²) in [4.78, 5) is 6.81. The maximum absolute atomic E-state index is 5.18. The second-order valence-electron chi connectivity index (χ2n) is 6.35. The Hall–Kier alpha value is -2.14. The lowest BCUT2D eigenvalue weighted by Crippen LogP contribution is -2.34. The van der Waals surface area contributed by atoms with Gasteiger partial charge in [0.15, 0.2) is 5.82 Å². The zero-order valence-corrected chi connectivity index (χ0v) is 14.4. The van der Waals surface area contributed by atoms with Gasteiger partial charge in [-0.25, -0.2) is 0 Å². The van der Waals surface area contributed by atoms with E-state index in [1.807, 2.05) is 19.1 Å². The molecule has 2 heterocycles. The third-order valence-corrected chi connectivity index (χ3v) is 4.54. The van der Waals surface area contributed by atoms with E-state index < -0.39 is 0 Å². The summed E-state index contributed by atoms with van der Waals surface area (Å²) in [7, 11) is 1.69. The van der Waals surface area contributed by atoms with Gasteiger partial charge in [0.2, 0.25) is 5.89 Å². The second-order valence-corrected chi connectivity index (χ2v) is 6.35. The molecule has 1 saturated heterocycles. The summed E-state index contributed by atoms with van der Waals surface area (Å²) in [6.45, 7) is 5.11. The molecule has 0 unspecified atom stereocenters. The molecule has 2 aromatic rings. The van der Waals surface area contributed by atoms with E-state index in [0.29, 0.717) is 11.8 Å². The van der Waals surface area contributed by atoms with Crippen molar-refractivity contribution in [1.82, 2.24) is 15.0 Å². The van der Waals surface area contributed by atoms with E-state index in [4.69, 9.17) is 9.26 Å². The Morgan fingerprint density at radius 2 is 2.00 bits per heavy atom. The van der Waals surface area contributed by atoms with Crippen molar-refractivity contribution in [1.29, 1.82) is 0 Å². The average Bonchev–Trinajstić information content (AvgIpc) is 3.02. The number of piperidine rings is 1. The zero-order valence-electron chi connectivity index (χ0n) is 14.4. The highest BCUT2D eigenvalue weighted by molar-refractivity contribution is 5.50. The Morgan fingerprint density at radius 1 is 1.25 bits per heavy atom. The summed E-state index contributed by atoms with van der Waals surface area (Å²) in [6, 6.07) is 8.14. The molecule has 1 aliphatic rings. The minimum Gasteiger partial charge on any atom is -0.497 e. The normalized spacial score (nSPS) is 16.8. The van der Waals surface area contributed by atoms with Crippen LogP contribution < -0.4 is 4.74 Å². The lowest BCUT2D eigenvalue weighted by atomic mass is 9.93. The maximum Gasteiger partial charge on any atom is 0.223 e. The predicted octanol–water partition coefficient (Wildman–Crippen LogP) is 3.35. The molecule has 0 saturated carbocycles. The van der Waals surface area contributed by atoms with Crippen LogP contribution in [0.5, 0.6) is 5.75 Å². The van der Waals surface area contributed by atoms with Gasteiger partial charge >= 0.3 is 0 Å². The van der Waals surface area contributed by atoms with Crippen LogP contribution >= 0.6 is 0 Å². The van der Waals surface area contributed by atoms with E-state index in [1.54, 1.807) is 7.11 Å². The van der Waals surface area contributed by atoms with Crippen LogP contribution in [0.15, 0.2) is 34.9 Å². The van der Waals surface area contributed by atoms with Crippen LogP contribution in [0.4, 0.5) is 0 Å². The Bertz CT molecular complexity index is 656. The van der Waals surface area contributed by atoms with Gasteiger partial charge in [-0.2, -0.15) is 4.98 Å². The predicted molar refractivity (Wildman–Crippen MR) is 93.9 cm³/mol. The summed E-state index contributed by atoms with van der Waals surface area (Å²) < 4.78 is 10.2. The Balaban J connectivity index is 1.41. The summed E-state index contributed by atoms with van der Waals surface area (Å²) in [5.41, 5.74) is 1.21. The molecule has 0 radical (unpaired) electrons. The van der Waals surface area contributed by atoms with Gasteiger partial charge in [0.1, 0.15) is 5.75 Å². The van der Waals surface area contributed by atoms with Crippen LogP contribution in [0.1, 0.15) is 30.1 Å². The van der Waals surface area contributed by atoms with Crippen molar-refractivity contribution in [2.24, 2.45) is 5.92 Å². The Morgan fingerprint density at radius 3 is 2.62 bits per heavy atom. The molecule has 128 valence electrons. The molecule has 0 spiro atoms. The van der Waals surface area contributed by atoms with Crippen molar-refractivity contribution in [3.05, 3.63) is 47.6 Å². The first-order chi connectivity index (χ1) is 11.7. The van der Waals surface area contributed by atoms with Crippen molar-refractivity contribution in [3.8, 4) is 5.75 Å². The van der Waals surface area contributed by atoms with Crippen molar-refractivity contribution < 1.29 is 9.26 Å². The highest BCUT2D eigenvalue weighted by Gasteiger charge is 2.20. The minimum atomic E-state index is 0.658. The van der Waals surface area contributed by atoms with Crippen molar-refractivity contribution in [2.45, 2.75) is 26.2 Å². The van der Waals surface area contributed by atoms with Gasteiger partial charge in [0.05, 0.1) is 7.11 Å². The molecule has 1 aromatic carbocycles. The van der Waals surface area contributed by atoms with Gasteiger partial charge in [-0.1, -0.05) is 29.4 Å². The van der Waals surface area contributed by atoms with E-state index in [2.05, 4.69) is 39.3 Å². The topological polar surface area (TPSA) is 51.4 Å². The molecular formula is C19H25N3O2. The summed E-state index contributed by atoms with van der Waals surface area (Å²) in [6.07, 6.45) is 7.75. The van der Waals surface area contributed by atoms with E-state index >= 15 is 0 Å². The molecule has 24 heavy (non-hydrogen) atoms. The highest BCUT2D eigenvalue weighted by Crippen LogP contribution is 2.20. The third kappa shape index (κ3) is 4.68. The van der Waals surface area contributed by atoms with Crippen LogP contribution in [0, 0.1) is 12.8 Å². The summed E-state index contributed by atoms with van der Waals surface area (Å²) in [5, 5.41) is 4.00. The van der Waals surface area contributed by atoms with Crippen LogP contribution in [-0.4, -0.2) is 41.8 Å². The molecule has 0 amide bonds. The lowest BCUT2D eigenvalue weighted by molar-refractivity contribution is 0.198. The molecule has 1 fully saturated rings. The Labute approximate surface area is 143 Å². The average molecular weight is 327 g/mol. The first kappa shape index (κ1) is 16.7. The molecule has 5 heteroatoms. The number of hydrogen-bond donors (Lipinski definition) is 0. The van der Waals surface area contributed by atoms with Gasteiger partial charge < -0.3 is 9.26 Å².